The Morgan fingerprint density at radius 2 is 1.63 bits per heavy atom. The molecule has 1 aliphatic heterocycles. The lowest BCUT2D eigenvalue weighted by Gasteiger charge is -2.33. The van der Waals surface area contributed by atoms with Gasteiger partial charge in [0.05, 0.1) is 42.3 Å². The molecular weight excluding hydrogens is 652 g/mol. The van der Waals surface area contributed by atoms with E-state index in [1.54, 1.807) is 11.9 Å². The summed E-state index contributed by atoms with van der Waals surface area (Å²) in [5, 5.41) is 9.90. The van der Waals surface area contributed by atoms with E-state index in [0.717, 1.165) is 17.5 Å². The quantitative estimate of drug-likeness (QED) is 0.0674. The molecule has 2 aromatic carbocycles. The van der Waals surface area contributed by atoms with Crippen molar-refractivity contribution < 1.29 is 28.7 Å². The summed E-state index contributed by atoms with van der Waals surface area (Å²) in [6.45, 7) is 7.93. The standard InChI is InChI=1S/C37H56N8O6/c1-25(2)18-21-50-26(3)23-43-32(46)16-17-33(47)44-24-27-11-5-6-12-28(27)35(34(38)29-13-7-8-15-31(29)44)45(40)20-22-51-37(49)42-19-10-9-14-30(41-4)36(39)48/h5-8,11-13,15,25-26,30,41H,9-10,14,16-24,38,40H2,1-4H3,(H2,39,48)(H,42,49)(H,43,46)/b35-34-. The van der Waals surface area contributed by atoms with Crippen molar-refractivity contribution in [3.63, 3.8) is 0 Å². The molecule has 14 nitrogen and oxygen atoms in total. The number of unbranched alkanes of at least 4 members (excludes halogenated alkanes) is 1. The summed E-state index contributed by atoms with van der Waals surface area (Å²) in [6, 6.07) is 14.4. The van der Waals surface area contributed by atoms with Gasteiger partial charge in [-0.2, -0.15) is 0 Å². The van der Waals surface area contributed by atoms with E-state index in [1.807, 2.05) is 55.5 Å². The third-order valence-electron chi connectivity index (χ3n) is 8.63. The first-order valence-corrected chi connectivity index (χ1v) is 17.7. The highest BCUT2D eigenvalue weighted by Gasteiger charge is 2.28. The van der Waals surface area contributed by atoms with Crippen LogP contribution in [-0.2, 0) is 30.4 Å². The van der Waals surface area contributed by atoms with Crippen LogP contribution in [-0.4, -0.2) is 80.9 Å². The maximum Gasteiger partial charge on any atom is 0.407 e. The topological polar surface area (TPSA) is 207 Å². The number of primary amides is 1. The van der Waals surface area contributed by atoms with E-state index in [0.29, 0.717) is 67.5 Å². The number of rotatable bonds is 20. The number of para-hydroxylation sites is 1. The fraction of sp³-hybridized carbons (Fsp3) is 0.514. The second-order valence-electron chi connectivity index (χ2n) is 13.1. The Labute approximate surface area is 301 Å². The second kappa shape index (κ2) is 20.9. The van der Waals surface area contributed by atoms with Gasteiger partial charge in [0.1, 0.15) is 6.61 Å². The monoisotopic (exact) mass is 708 g/mol. The lowest BCUT2D eigenvalue weighted by Crippen LogP contribution is -2.39. The third kappa shape index (κ3) is 12.9. The predicted octanol–water partition coefficient (Wildman–Crippen LogP) is 2.81. The molecule has 0 bridgehead atoms. The molecule has 51 heavy (non-hydrogen) atoms. The van der Waals surface area contributed by atoms with Crippen LogP contribution in [0.2, 0.25) is 0 Å². The smallest absolute Gasteiger partial charge is 0.407 e. The average molecular weight is 709 g/mol. The second-order valence-corrected chi connectivity index (χ2v) is 13.1. The molecule has 4 amide bonds. The summed E-state index contributed by atoms with van der Waals surface area (Å²) < 4.78 is 11.1. The highest BCUT2D eigenvalue weighted by molar-refractivity contribution is 6.01. The highest BCUT2D eigenvalue weighted by atomic mass is 16.5. The Morgan fingerprint density at radius 3 is 2.33 bits per heavy atom. The van der Waals surface area contributed by atoms with Crippen LogP contribution in [0.3, 0.4) is 0 Å². The summed E-state index contributed by atoms with van der Waals surface area (Å²) >= 11 is 0. The summed E-state index contributed by atoms with van der Waals surface area (Å²) in [5.74, 6) is 6.29. The van der Waals surface area contributed by atoms with E-state index in [1.165, 1.54) is 5.01 Å². The highest BCUT2D eigenvalue weighted by Crippen LogP contribution is 2.36. The number of anilines is 1. The zero-order valence-corrected chi connectivity index (χ0v) is 30.4. The van der Waals surface area contributed by atoms with Crippen molar-refractivity contribution >= 4 is 40.9 Å². The lowest BCUT2D eigenvalue weighted by molar-refractivity contribution is -0.125. The Balaban J connectivity index is 1.65. The van der Waals surface area contributed by atoms with Gasteiger partial charge >= 0.3 is 6.09 Å². The normalized spacial score (nSPS) is 15.1. The van der Waals surface area contributed by atoms with E-state index in [2.05, 4.69) is 29.8 Å². The Bertz CT molecular complexity index is 1500. The minimum absolute atomic E-state index is 0.00760. The Morgan fingerprint density at radius 1 is 0.922 bits per heavy atom. The predicted molar refractivity (Wildman–Crippen MR) is 198 cm³/mol. The molecule has 2 unspecified atom stereocenters. The number of alkyl carbamates (subject to hydrolysis) is 1. The molecule has 280 valence electrons. The van der Waals surface area contributed by atoms with Crippen LogP contribution in [0, 0.1) is 5.92 Å². The van der Waals surface area contributed by atoms with Crippen molar-refractivity contribution in [3.8, 4) is 0 Å². The number of carbonyl (C=O) groups excluding carboxylic acids is 4. The van der Waals surface area contributed by atoms with Gasteiger partial charge in [0, 0.05) is 43.7 Å². The molecule has 0 aromatic heterocycles. The van der Waals surface area contributed by atoms with Crippen molar-refractivity contribution in [2.45, 2.75) is 78.0 Å². The molecule has 1 aliphatic rings. The molecule has 1 heterocycles. The van der Waals surface area contributed by atoms with Crippen LogP contribution in [0.5, 0.6) is 0 Å². The van der Waals surface area contributed by atoms with Crippen LogP contribution < -0.4 is 38.2 Å². The number of fused-ring (bicyclic) bond motifs is 2. The van der Waals surface area contributed by atoms with Gasteiger partial charge in [-0.15, -0.1) is 0 Å². The Hall–Kier alpha value is -4.66. The fourth-order valence-corrected chi connectivity index (χ4v) is 5.64. The van der Waals surface area contributed by atoms with Gasteiger partial charge < -0.3 is 46.8 Å². The van der Waals surface area contributed by atoms with Gasteiger partial charge in [-0.1, -0.05) is 56.3 Å². The number of amides is 4. The minimum atomic E-state index is -0.582. The van der Waals surface area contributed by atoms with Crippen molar-refractivity contribution in [2.75, 3.05) is 44.8 Å². The fourth-order valence-electron chi connectivity index (χ4n) is 5.64. The largest absolute Gasteiger partial charge is 0.448 e. The number of nitrogens with one attached hydrogen (secondary N) is 3. The summed E-state index contributed by atoms with van der Waals surface area (Å²) in [5.41, 5.74) is 15.8. The van der Waals surface area contributed by atoms with Gasteiger partial charge in [0.2, 0.25) is 17.7 Å². The number of benzene rings is 2. The zero-order valence-electron chi connectivity index (χ0n) is 30.4. The molecule has 0 saturated carbocycles. The van der Waals surface area contributed by atoms with E-state index >= 15 is 0 Å². The van der Waals surface area contributed by atoms with E-state index in [4.69, 9.17) is 26.8 Å². The Kier molecular flexibility index (Phi) is 16.7. The van der Waals surface area contributed by atoms with Crippen LogP contribution in [0.25, 0.3) is 11.4 Å². The molecule has 3 rings (SSSR count). The number of hydrogen-bond donors (Lipinski definition) is 6. The molecule has 2 atom stereocenters. The molecule has 0 aliphatic carbocycles. The van der Waals surface area contributed by atoms with Crippen molar-refractivity contribution in [1.29, 1.82) is 0 Å². The molecule has 9 N–H and O–H groups in total. The molecule has 2 aromatic rings. The minimum Gasteiger partial charge on any atom is -0.448 e. The van der Waals surface area contributed by atoms with Crippen LogP contribution in [0.1, 0.15) is 76.0 Å². The van der Waals surface area contributed by atoms with Crippen molar-refractivity contribution in [3.05, 3.63) is 65.2 Å². The average Bonchev–Trinajstić information content (AvgIpc) is 3.09. The third-order valence-corrected chi connectivity index (χ3v) is 8.63. The van der Waals surface area contributed by atoms with E-state index < -0.39 is 18.0 Å². The molecule has 14 heteroatoms. The molecule has 0 radical (unpaired) electrons. The molecule has 0 saturated heterocycles. The summed E-state index contributed by atoms with van der Waals surface area (Å²) in [7, 11) is 1.68. The van der Waals surface area contributed by atoms with E-state index in [-0.39, 0.29) is 50.5 Å². The molecule has 0 fully saturated rings. The van der Waals surface area contributed by atoms with Gasteiger partial charge in [0.25, 0.3) is 0 Å². The summed E-state index contributed by atoms with van der Waals surface area (Å²) in [6.07, 6.45) is 2.21. The molecular formula is C37H56N8O6. The van der Waals surface area contributed by atoms with Crippen molar-refractivity contribution in [1.82, 2.24) is 21.0 Å². The van der Waals surface area contributed by atoms with Crippen LogP contribution in [0.4, 0.5) is 10.5 Å². The first kappa shape index (κ1) is 40.8. The number of ether oxygens (including phenoxy) is 2. The number of nitrogens with two attached hydrogens (primary N) is 3. The first-order valence-electron chi connectivity index (χ1n) is 17.7. The van der Waals surface area contributed by atoms with Crippen molar-refractivity contribution in [2.24, 2.45) is 23.2 Å². The SMILES string of the molecule is CNC(CCCCNC(=O)OCCN(N)/C1=C(\N)c2ccccc2N(C(=O)CCC(=O)NCC(C)OCCC(C)C)Cc2ccccc21)C(N)=O. The number of carbonyl (C=O) groups is 4. The van der Waals surface area contributed by atoms with Crippen LogP contribution >= 0.6 is 0 Å². The summed E-state index contributed by atoms with van der Waals surface area (Å²) in [4.78, 5) is 51.7. The first-order chi connectivity index (χ1) is 24.4. The number of hydrazine groups is 1. The number of likely N-dealkylation sites (N-methyl/N-ethyl adjacent to an activating group) is 1. The van der Waals surface area contributed by atoms with Gasteiger partial charge in [-0.25, -0.2) is 10.6 Å². The van der Waals surface area contributed by atoms with Gasteiger partial charge in [0.15, 0.2) is 0 Å². The van der Waals surface area contributed by atoms with E-state index in [9.17, 15) is 19.2 Å². The van der Waals surface area contributed by atoms with Crippen LogP contribution in [0.15, 0.2) is 48.5 Å². The zero-order chi connectivity index (χ0) is 37.3. The molecule has 0 spiro atoms. The van der Waals surface area contributed by atoms with Gasteiger partial charge in [-0.3, -0.25) is 14.4 Å². The maximum atomic E-state index is 13.7. The number of hydrogen-bond acceptors (Lipinski definition) is 10. The lowest BCUT2D eigenvalue weighted by atomic mass is 9.95. The van der Waals surface area contributed by atoms with Gasteiger partial charge in [-0.05, 0) is 57.2 Å². The maximum absolute atomic E-state index is 13.7. The number of nitrogens with zero attached hydrogens (tertiary/aromatic N) is 2.